The molecule has 0 atom stereocenters. The van der Waals surface area contributed by atoms with Gasteiger partial charge in [0.05, 0.1) is 10.7 Å². The molecule has 19 heavy (non-hydrogen) atoms. The van der Waals surface area contributed by atoms with Gasteiger partial charge in [0.1, 0.15) is 5.82 Å². The molecule has 2 heterocycles. The molecule has 2 aromatic rings. The fraction of sp³-hybridized carbons (Fsp3) is 0.286. The van der Waals surface area contributed by atoms with Crippen LogP contribution in [0.3, 0.4) is 0 Å². The number of fused-ring (bicyclic) bond motifs is 1. The number of nitrogens with zero attached hydrogens (tertiary/aromatic N) is 2. The maximum Gasteiger partial charge on any atom is 0.161 e. The van der Waals surface area contributed by atoms with E-state index in [2.05, 4.69) is 22.2 Å². The van der Waals surface area contributed by atoms with E-state index >= 15 is 0 Å². The fourth-order valence-electron chi connectivity index (χ4n) is 2.32. The van der Waals surface area contributed by atoms with Crippen LogP contribution in [-0.2, 0) is 19.5 Å². The Morgan fingerprint density at radius 3 is 2.89 bits per heavy atom. The highest BCUT2D eigenvalue weighted by atomic mass is 35.5. The average molecular weight is 278 g/mol. The number of aryl methyl sites for hydroxylation is 1. The van der Waals surface area contributed by atoms with Crippen molar-refractivity contribution in [3.8, 4) is 11.4 Å². The normalized spacial score (nSPS) is 13.6. The van der Waals surface area contributed by atoms with Gasteiger partial charge in [0.2, 0.25) is 0 Å². The first kappa shape index (κ1) is 12.5. The highest BCUT2D eigenvalue weighted by molar-refractivity contribution is 6.33. The Morgan fingerprint density at radius 1 is 1.32 bits per heavy atom. The summed E-state index contributed by atoms with van der Waals surface area (Å²) in [6.07, 6.45) is 0.846. The molecule has 0 fully saturated rings. The molecule has 1 N–H and O–H groups in total. The van der Waals surface area contributed by atoms with E-state index in [1.165, 1.54) is 17.7 Å². The van der Waals surface area contributed by atoms with Gasteiger partial charge in [0, 0.05) is 29.9 Å². The lowest BCUT2D eigenvalue weighted by Gasteiger charge is -2.09. The quantitative estimate of drug-likeness (QED) is 0.917. The van der Waals surface area contributed by atoms with Crippen LogP contribution in [0, 0.1) is 5.82 Å². The van der Waals surface area contributed by atoms with Gasteiger partial charge >= 0.3 is 0 Å². The van der Waals surface area contributed by atoms with Crippen molar-refractivity contribution >= 4 is 11.6 Å². The first-order chi connectivity index (χ1) is 9.19. The second kappa shape index (κ2) is 4.87. The summed E-state index contributed by atoms with van der Waals surface area (Å²) in [7, 11) is 0. The van der Waals surface area contributed by atoms with Crippen LogP contribution in [0.1, 0.15) is 23.9 Å². The molecular formula is C14H13ClFN3. The summed E-state index contributed by atoms with van der Waals surface area (Å²) >= 11 is 6.07. The Morgan fingerprint density at radius 2 is 2.16 bits per heavy atom. The van der Waals surface area contributed by atoms with Gasteiger partial charge in [-0.05, 0) is 24.6 Å². The van der Waals surface area contributed by atoms with E-state index in [1.54, 1.807) is 6.07 Å². The lowest BCUT2D eigenvalue weighted by atomic mass is 10.1. The topological polar surface area (TPSA) is 37.8 Å². The second-order valence-corrected chi connectivity index (χ2v) is 4.91. The minimum Gasteiger partial charge on any atom is -0.307 e. The zero-order chi connectivity index (χ0) is 13.4. The van der Waals surface area contributed by atoms with Crippen LogP contribution < -0.4 is 5.32 Å². The van der Waals surface area contributed by atoms with Gasteiger partial charge < -0.3 is 5.32 Å². The number of rotatable bonds is 2. The molecular weight excluding hydrogens is 265 g/mol. The summed E-state index contributed by atoms with van der Waals surface area (Å²) in [4.78, 5) is 9.11. The Labute approximate surface area is 115 Å². The molecule has 3 nitrogen and oxygen atoms in total. The van der Waals surface area contributed by atoms with Crippen molar-refractivity contribution < 1.29 is 4.39 Å². The van der Waals surface area contributed by atoms with Crippen molar-refractivity contribution in [2.75, 3.05) is 0 Å². The number of hydrogen-bond donors (Lipinski definition) is 1. The lowest BCUT2D eigenvalue weighted by molar-refractivity contribution is 0.628. The molecule has 0 amide bonds. The zero-order valence-electron chi connectivity index (χ0n) is 10.5. The van der Waals surface area contributed by atoms with E-state index in [9.17, 15) is 4.39 Å². The van der Waals surface area contributed by atoms with Gasteiger partial charge in [-0.25, -0.2) is 14.4 Å². The fourth-order valence-corrected chi connectivity index (χ4v) is 2.57. The molecule has 5 heteroatoms. The summed E-state index contributed by atoms with van der Waals surface area (Å²) < 4.78 is 13.1. The van der Waals surface area contributed by atoms with Crippen LogP contribution in [-0.4, -0.2) is 9.97 Å². The maximum atomic E-state index is 13.1. The van der Waals surface area contributed by atoms with Crippen molar-refractivity contribution in [1.29, 1.82) is 0 Å². The van der Waals surface area contributed by atoms with E-state index in [1.807, 2.05) is 0 Å². The molecule has 0 saturated heterocycles. The van der Waals surface area contributed by atoms with Crippen molar-refractivity contribution in [1.82, 2.24) is 15.3 Å². The van der Waals surface area contributed by atoms with Gasteiger partial charge in [-0.2, -0.15) is 0 Å². The third-order valence-corrected chi connectivity index (χ3v) is 3.59. The number of nitrogens with one attached hydrogen (secondary N) is 1. The van der Waals surface area contributed by atoms with Crippen LogP contribution in [0.5, 0.6) is 0 Å². The minimum atomic E-state index is -0.354. The van der Waals surface area contributed by atoms with Gasteiger partial charge in [-0.1, -0.05) is 18.5 Å². The van der Waals surface area contributed by atoms with Gasteiger partial charge in [0.15, 0.2) is 5.82 Å². The standard InChI is InChI=1S/C14H13ClFN3/c1-2-12-10-6-17-7-13(10)19-14(18-12)9-4-3-8(16)5-11(9)15/h3-5,17H,2,6-7H2,1H3. The van der Waals surface area contributed by atoms with Crippen LogP contribution in [0.2, 0.25) is 5.02 Å². The van der Waals surface area contributed by atoms with E-state index < -0.39 is 0 Å². The molecule has 98 valence electrons. The number of benzene rings is 1. The molecule has 0 saturated carbocycles. The SMILES string of the molecule is CCc1nc(-c2ccc(F)cc2Cl)nc2c1CNC2. The molecule has 3 rings (SSSR count). The number of aromatic nitrogens is 2. The Kier molecular flexibility index (Phi) is 3.21. The Bertz CT molecular complexity index is 643. The van der Waals surface area contributed by atoms with Crippen LogP contribution >= 0.6 is 11.6 Å². The third kappa shape index (κ3) is 2.22. The maximum absolute atomic E-state index is 13.1. The first-order valence-electron chi connectivity index (χ1n) is 6.24. The van der Waals surface area contributed by atoms with E-state index in [0.717, 1.165) is 30.9 Å². The molecule has 1 aromatic heterocycles. The molecule has 0 aliphatic carbocycles. The molecule has 0 spiro atoms. The average Bonchev–Trinajstić information content (AvgIpc) is 2.85. The van der Waals surface area contributed by atoms with Crippen molar-refractivity contribution in [2.45, 2.75) is 26.4 Å². The summed E-state index contributed by atoms with van der Waals surface area (Å²) in [5, 5.41) is 3.61. The summed E-state index contributed by atoms with van der Waals surface area (Å²) in [6.45, 7) is 3.63. The predicted molar refractivity (Wildman–Crippen MR) is 72.4 cm³/mol. The molecule has 0 unspecified atom stereocenters. The largest absolute Gasteiger partial charge is 0.307 e. The molecule has 1 aliphatic rings. The number of hydrogen-bond acceptors (Lipinski definition) is 3. The third-order valence-electron chi connectivity index (χ3n) is 3.28. The predicted octanol–water partition coefficient (Wildman–Crippen LogP) is 3.10. The zero-order valence-corrected chi connectivity index (χ0v) is 11.3. The molecule has 1 aromatic carbocycles. The highest BCUT2D eigenvalue weighted by Crippen LogP contribution is 2.28. The van der Waals surface area contributed by atoms with Gasteiger partial charge in [-0.3, -0.25) is 0 Å². The van der Waals surface area contributed by atoms with Crippen LogP contribution in [0.4, 0.5) is 4.39 Å². The molecule has 1 aliphatic heterocycles. The number of halogens is 2. The summed E-state index contributed by atoms with van der Waals surface area (Å²) in [5.41, 5.74) is 3.91. The van der Waals surface area contributed by atoms with Crippen molar-refractivity contribution in [3.63, 3.8) is 0 Å². The minimum absolute atomic E-state index is 0.341. The molecule has 0 radical (unpaired) electrons. The lowest BCUT2D eigenvalue weighted by Crippen LogP contribution is -2.03. The van der Waals surface area contributed by atoms with Crippen LogP contribution in [0.15, 0.2) is 18.2 Å². The van der Waals surface area contributed by atoms with Crippen molar-refractivity contribution in [3.05, 3.63) is 46.0 Å². The van der Waals surface area contributed by atoms with E-state index in [0.29, 0.717) is 16.4 Å². The first-order valence-corrected chi connectivity index (χ1v) is 6.61. The van der Waals surface area contributed by atoms with E-state index in [4.69, 9.17) is 11.6 Å². The monoisotopic (exact) mass is 277 g/mol. The smallest absolute Gasteiger partial charge is 0.161 e. The molecule has 0 bridgehead atoms. The van der Waals surface area contributed by atoms with Gasteiger partial charge in [0.25, 0.3) is 0 Å². The summed E-state index contributed by atoms with van der Waals surface area (Å²) in [5.74, 6) is 0.219. The van der Waals surface area contributed by atoms with Gasteiger partial charge in [-0.15, -0.1) is 0 Å². The highest BCUT2D eigenvalue weighted by Gasteiger charge is 2.19. The van der Waals surface area contributed by atoms with E-state index in [-0.39, 0.29) is 5.82 Å². The van der Waals surface area contributed by atoms with Crippen LogP contribution in [0.25, 0.3) is 11.4 Å². The second-order valence-electron chi connectivity index (χ2n) is 4.50. The Hall–Kier alpha value is -1.52. The Balaban J connectivity index is 2.15. The van der Waals surface area contributed by atoms with Crippen molar-refractivity contribution in [2.24, 2.45) is 0 Å². The summed E-state index contributed by atoms with van der Waals surface area (Å²) in [6, 6.07) is 4.29.